The minimum atomic E-state index is -2.67. The van der Waals surface area contributed by atoms with E-state index in [4.69, 9.17) is 36.0 Å². The fraction of sp³-hybridized carbons (Fsp3) is 0.643. The summed E-state index contributed by atoms with van der Waals surface area (Å²) in [5.41, 5.74) is 0. The molecule has 0 bridgehead atoms. The third-order valence-corrected chi connectivity index (χ3v) is 12.1. The van der Waals surface area contributed by atoms with Gasteiger partial charge in [0.05, 0.1) is 13.2 Å². The Hall–Kier alpha value is -1.51. The molecule has 0 N–H and O–H groups in total. The van der Waals surface area contributed by atoms with E-state index in [1.165, 1.54) is 0 Å². The second kappa shape index (κ2) is 18.0. The Morgan fingerprint density at radius 3 is 1.08 bits per heavy atom. The molecule has 0 heterocycles. The zero-order chi connectivity index (χ0) is 27.7. The second-order valence-electron chi connectivity index (χ2n) is 8.48. The average molecular weight is 569 g/mol. The molecule has 0 saturated heterocycles. The van der Waals surface area contributed by atoms with Crippen LogP contribution in [0.4, 0.5) is 0 Å². The highest BCUT2D eigenvalue weighted by molar-refractivity contribution is 6.61. The summed E-state index contributed by atoms with van der Waals surface area (Å²) >= 11 is 0. The summed E-state index contributed by atoms with van der Waals surface area (Å²) in [7, 11) is -5.34. The number of ether oxygens (including phenoxy) is 2. The van der Waals surface area contributed by atoms with Crippen molar-refractivity contribution in [1.29, 1.82) is 0 Å². The molecule has 0 saturated carbocycles. The highest BCUT2D eigenvalue weighted by Crippen LogP contribution is 2.33. The van der Waals surface area contributed by atoms with E-state index in [9.17, 15) is 0 Å². The fourth-order valence-corrected chi connectivity index (χ4v) is 9.61. The van der Waals surface area contributed by atoms with Crippen molar-refractivity contribution in [2.24, 2.45) is 0 Å². The van der Waals surface area contributed by atoms with Crippen LogP contribution in [-0.4, -0.2) is 70.5 Å². The first-order valence-corrected chi connectivity index (χ1v) is 18.0. The maximum absolute atomic E-state index is 6.21. The van der Waals surface area contributed by atoms with Crippen molar-refractivity contribution < 1.29 is 36.0 Å². The number of hydrogen-bond donors (Lipinski definition) is 0. The van der Waals surface area contributed by atoms with Crippen LogP contribution in [0, 0.1) is 0 Å². The van der Waals surface area contributed by atoms with Crippen molar-refractivity contribution in [2.75, 3.05) is 52.9 Å². The van der Waals surface area contributed by atoms with Crippen LogP contribution in [0.25, 0.3) is 10.8 Å². The van der Waals surface area contributed by atoms with Gasteiger partial charge in [-0.15, -0.1) is 0 Å². The summed E-state index contributed by atoms with van der Waals surface area (Å²) in [4.78, 5) is 0. The van der Waals surface area contributed by atoms with E-state index in [2.05, 4.69) is 12.1 Å². The monoisotopic (exact) mass is 568 g/mol. The van der Waals surface area contributed by atoms with E-state index in [1.54, 1.807) is 0 Å². The van der Waals surface area contributed by atoms with Crippen LogP contribution in [0.2, 0.25) is 12.1 Å². The van der Waals surface area contributed by atoms with Gasteiger partial charge in [0.2, 0.25) is 0 Å². The maximum Gasteiger partial charge on any atom is 0.501 e. The summed E-state index contributed by atoms with van der Waals surface area (Å²) in [5.74, 6) is 1.67. The average Bonchev–Trinajstić information content (AvgIpc) is 2.90. The predicted octanol–water partition coefficient (Wildman–Crippen LogP) is 6.47. The minimum Gasteiger partial charge on any atom is -0.493 e. The topological polar surface area (TPSA) is 73.8 Å². The Morgan fingerprint density at radius 2 is 0.789 bits per heavy atom. The molecule has 0 aliphatic carbocycles. The van der Waals surface area contributed by atoms with Crippen LogP contribution < -0.4 is 9.47 Å². The van der Waals surface area contributed by atoms with Gasteiger partial charge in [0.15, 0.2) is 0 Å². The molecule has 0 amide bonds. The zero-order valence-electron chi connectivity index (χ0n) is 24.2. The molecule has 2 aromatic carbocycles. The number of fused-ring (bicyclic) bond motifs is 1. The molecular weight excluding hydrogens is 520 g/mol. The second-order valence-corrected chi connectivity index (χ2v) is 13.9. The van der Waals surface area contributed by atoms with Crippen molar-refractivity contribution in [3.8, 4) is 11.5 Å². The number of rotatable bonds is 22. The van der Waals surface area contributed by atoms with Crippen molar-refractivity contribution >= 4 is 28.4 Å². The lowest BCUT2D eigenvalue weighted by Gasteiger charge is -2.28. The van der Waals surface area contributed by atoms with Crippen LogP contribution in [0.15, 0.2) is 36.4 Å². The minimum absolute atomic E-state index is 0.547. The predicted molar refractivity (Wildman–Crippen MR) is 155 cm³/mol. The number of benzene rings is 2. The summed E-state index contributed by atoms with van der Waals surface area (Å²) < 4.78 is 48.2. The summed E-state index contributed by atoms with van der Waals surface area (Å²) in [5, 5.41) is 2.05. The molecule has 2 rings (SSSR count). The third-order valence-electron chi connectivity index (χ3n) is 5.80. The van der Waals surface area contributed by atoms with Gasteiger partial charge in [0.25, 0.3) is 0 Å². The summed E-state index contributed by atoms with van der Waals surface area (Å²) in [6.07, 6.45) is 1.56. The molecule has 2 aromatic rings. The van der Waals surface area contributed by atoms with E-state index < -0.39 is 17.6 Å². The van der Waals surface area contributed by atoms with Crippen molar-refractivity contribution in [2.45, 2.75) is 66.5 Å². The van der Waals surface area contributed by atoms with Gasteiger partial charge in [0, 0.05) is 62.5 Å². The first kappa shape index (κ1) is 32.7. The van der Waals surface area contributed by atoms with Crippen molar-refractivity contribution in [3.05, 3.63) is 36.4 Å². The maximum atomic E-state index is 6.21. The molecule has 0 unspecified atom stereocenters. The van der Waals surface area contributed by atoms with Gasteiger partial charge in [-0.3, -0.25) is 0 Å². The first-order chi connectivity index (χ1) is 18.5. The number of hydrogen-bond acceptors (Lipinski definition) is 8. The molecule has 0 aliphatic heterocycles. The van der Waals surface area contributed by atoms with Gasteiger partial charge in [-0.25, -0.2) is 0 Å². The van der Waals surface area contributed by atoms with Gasteiger partial charge in [-0.2, -0.15) is 0 Å². The van der Waals surface area contributed by atoms with E-state index in [0.717, 1.165) is 47.2 Å². The van der Waals surface area contributed by atoms with Crippen LogP contribution in [0.5, 0.6) is 11.5 Å². The van der Waals surface area contributed by atoms with Crippen LogP contribution in [0.3, 0.4) is 0 Å². The molecule has 0 atom stereocenters. The first-order valence-electron chi connectivity index (χ1n) is 14.1. The smallest absolute Gasteiger partial charge is 0.493 e. The molecule has 10 heteroatoms. The largest absolute Gasteiger partial charge is 0.501 e. The van der Waals surface area contributed by atoms with E-state index >= 15 is 0 Å². The van der Waals surface area contributed by atoms with Gasteiger partial charge < -0.3 is 36.0 Å². The Morgan fingerprint density at radius 1 is 0.474 bits per heavy atom. The van der Waals surface area contributed by atoms with Crippen LogP contribution >= 0.6 is 0 Å². The van der Waals surface area contributed by atoms with Gasteiger partial charge in [-0.1, -0.05) is 24.3 Å². The zero-order valence-corrected chi connectivity index (χ0v) is 26.2. The molecule has 0 aliphatic rings. The fourth-order valence-electron chi connectivity index (χ4n) is 4.45. The Labute approximate surface area is 231 Å². The van der Waals surface area contributed by atoms with Gasteiger partial charge in [0.1, 0.15) is 11.5 Å². The molecule has 0 aromatic heterocycles. The molecule has 0 spiro atoms. The van der Waals surface area contributed by atoms with Crippen LogP contribution in [-0.2, 0) is 26.6 Å². The van der Waals surface area contributed by atoms with Crippen molar-refractivity contribution in [1.82, 2.24) is 0 Å². The molecular formula is C28H48O8Si2. The highest BCUT2D eigenvalue weighted by Gasteiger charge is 2.40. The lowest BCUT2D eigenvalue weighted by molar-refractivity contribution is 0.0689. The molecule has 0 fully saturated rings. The summed E-state index contributed by atoms with van der Waals surface area (Å²) in [6, 6.07) is 13.6. The highest BCUT2D eigenvalue weighted by atomic mass is 28.4. The quantitative estimate of drug-likeness (QED) is 0.118. The summed E-state index contributed by atoms with van der Waals surface area (Å²) in [6.45, 7) is 16.4. The van der Waals surface area contributed by atoms with Crippen LogP contribution in [0.1, 0.15) is 54.4 Å². The van der Waals surface area contributed by atoms with E-state index in [0.29, 0.717) is 52.9 Å². The third kappa shape index (κ3) is 9.91. The van der Waals surface area contributed by atoms with E-state index in [1.807, 2.05) is 65.8 Å². The van der Waals surface area contributed by atoms with Crippen molar-refractivity contribution in [3.63, 3.8) is 0 Å². The lowest BCUT2D eigenvalue weighted by Crippen LogP contribution is -2.46. The van der Waals surface area contributed by atoms with Gasteiger partial charge >= 0.3 is 17.6 Å². The Bertz CT molecular complexity index is 806. The SMILES string of the molecule is CCO[Si](CCCOc1cccc2c(OCCC[Si](OCC)(OCC)OCC)cccc12)(OCC)OCC. The normalized spacial score (nSPS) is 12.3. The standard InChI is InChI=1S/C28H48O8Si2/c1-7-31-37(32-8-2,33-9-3)23-15-21-29-27-19-13-18-26-25(27)17-14-20-28(26)30-22-16-24-38(34-10-4,35-11-5)36-12-6/h13-14,17-20H,7-12,15-16,21-24H2,1-6H3. The lowest BCUT2D eigenvalue weighted by atomic mass is 10.1. The molecule has 216 valence electrons. The molecule has 8 nitrogen and oxygen atoms in total. The van der Waals surface area contributed by atoms with Gasteiger partial charge in [-0.05, 0) is 66.5 Å². The molecule has 0 radical (unpaired) electrons. The molecule has 38 heavy (non-hydrogen) atoms. The Kier molecular flexibility index (Phi) is 15.5. The van der Waals surface area contributed by atoms with E-state index in [-0.39, 0.29) is 0 Å². The Balaban J connectivity index is 2.00.